The molecule has 0 atom stereocenters. The highest BCUT2D eigenvalue weighted by Gasteiger charge is 2.19. The Bertz CT molecular complexity index is 1140. The topological polar surface area (TPSA) is 90.4 Å². The minimum Gasteiger partial charge on any atom is -0.496 e. The summed E-state index contributed by atoms with van der Waals surface area (Å²) < 4.78 is 16.4. The molecule has 27 heavy (non-hydrogen) atoms. The van der Waals surface area contributed by atoms with E-state index < -0.39 is 5.91 Å². The molecule has 0 radical (unpaired) electrons. The molecule has 2 aromatic heterocycles. The molecule has 0 aliphatic rings. The summed E-state index contributed by atoms with van der Waals surface area (Å²) in [6.07, 6.45) is 0. The van der Waals surface area contributed by atoms with Gasteiger partial charge in [0.05, 0.1) is 18.2 Å². The van der Waals surface area contributed by atoms with Crippen LogP contribution in [0.2, 0.25) is 0 Å². The van der Waals surface area contributed by atoms with E-state index in [1.165, 1.54) is 7.11 Å². The fourth-order valence-corrected chi connectivity index (χ4v) is 2.96. The van der Waals surface area contributed by atoms with E-state index in [1.54, 1.807) is 12.1 Å². The van der Waals surface area contributed by atoms with Gasteiger partial charge in [0.15, 0.2) is 0 Å². The zero-order chi connectivity index (χ0) is 19.0. The predicted molar refractivity (Wildman–Crippen MR) is 99.9 cm³/mol. The first-order chi connectivity index (χ1) is 13.0. The van der Waals surface area contributed by atoms with Gasteiger partial charge in [-0.05, 0) is 42.8 Å². The van der Waals surface area contributed by atoms with Crippen LogP contribution in [0.15, 0.2) is 51.3 Å². The summed E-state index contributed by atoms with van der Waals surface area (Å²) in [5.74, 6) is 1.77. The van der Waals surface area contributed by atoms with Crippen molar-refractivity contribution < 1.29 is 18.4 Å². The third-order valence-electron chi connectivity index (χ3n) is 4.23. The highest BCUT2D eigenvalue weighted by atomic mass is 16.5. The number of furan rings is 1. The van der Waals surface area contributed by atoms with E-state index in [2.05, 4.69) is 15.5 Å². The van der Waals surface area contributed by atoms with Gasteiger partial charge in [-0.15, -0.1) is 5.10 Å². The molecule has 0 aliphatic heterocycles. The monoisotopic (exact) mass is 363 g/mol. The number of amides is 1. The van der Waals surface area contributed by atoms with Gasteiger partial charge < -0.3 is 13.6 Å². The second-order valence-electron chi connectivity index (χ2n) is 6.09. The van der Waals surface area contributed by atoms with Crippen LogP contribution < -0.4 is 10.1 Å². The fourth-order valence-electron chi connectivity index (χ4n) is 2.96. The van der Waals surface area contributed by atoms with Crippen molar-refractivity contribution in [2.75, 3.05) is 12.4 Å². The van der Waals surface area contributed by atoms with E-state index in [0.29, 0.717) is 22.6 Å². The lowest BCUT2D eigenvalue weighted by atomic mass is 10.1. The van der Waals surface area contributed by atoms with Crippen LogP contribution in [0.25, 0.3) is 22.2 Å². The summed E-state index contributed by atoms with van der Waals surface area (Å²) in [6.45, 7) is 3.65. The lowest BCUT2D eigenvalue weighted by Crippen LogP contribution is -2.13. The first-order valence-corrected chi connectivity index (χ1v) is 8.34. The highest BCUT2D eigenvalue weighted by Crippen LogP contribution is 2.28. The zero-order valence-electron chi connectivity index (χ0n) is 15.1. The van der Waals surface area contributed by atoms with Gasteiger partial charge in [-0.1, -0.05) is 29.4 Å². The van der Waals surface area contributed by atoms with Gasteiger partial charge in [0.2, 0.25) is 0 Å². The van der Waals surface area contributed by atoms with Crippen LogP contribution in [0.1, 0.15) is 21.9 Å². The normalized spacial score (nSPS) is 10.9. The summed E-state index contributed by atoms with van der Waals surface area (Å²) in [4.78, 5) is 12.7. The molecular formula is C20H17N3O4. The zero-order valence-corrected chi connectivity index (χ0v) is 15.1. The first-order valence-electron chi connectivity index (χ1n) is 8.34. The number of methoxy groups -OCH3 is 1. The number of nitrogens with zero attached hydrogens (tertiary/aromatic N) is 2. The predicted octanol–water partition coefficient (Wildman–Crippen LogP) is 4.36. The second kappa shape index (κ2) is 6.60. The average Bonchev–Trinajstić information content (AvgIpc) is 3.26. The molecule has 136 valence electrons. The van der Waals surface area contributed by atoms with Crippen molar-refractivity contribution in [3.63, 3.8) is 0 Å². The number of ether oxygens (including phenoxy) is 1. The molecule has 4 rings (SSSR count). The molecule has 0 saturated carbocycles. The Morgan fingerprint density at radius 2 is 1.78 bits per heavy atom. The van der Waals surface area contributed by atoms with Gasteiger partial charge in [0, 0.05) is 0 Å². The molecule has 0 spiro atoms. The SMILES string of the molecule is COc1cc2ccccc2cc1C(=O)Nc1nnc(-c2cc(C)oc2C)o1. The van der Waals surface area contributed by atoms with E-state index in [-0.39, 0.29) is 11.9 Å². The maximum Gasteiger partial charge on any atom is 0.322 e. The number of nitrogens with one attached hydrogen (secondary N) is 1. The Labute approximate surface area is 155 Å². The van der Waals surface area contributed by atoms with Crippen molar-refractivity contribution in [1.29, 1.82) is 0 Å². The van der Waals surface area contributed by atoms with E-state index in [9.17, 15) is 4.79 Å². The van der Waals surface area contributed by atoms with E-state index in [0.717, 1.165) is 16.5 Å². The molecular weight excluding hydrogens is 346 g/mol. The third kappa shape index (κ3) is 3.15. The van der Waals surface area contributed by atoms with E-state index >= 15 is 0 Å². The number of rotatable bonds is 4. The molecule has 0 aliphatic carbocycles. The number of carbonyl (C=O) groups is 1. The van der Waals surface area contributed by atoms with Crippen molar-refractivity contribution in [3.05, 3.63) is 59.5 Å². The third-order valence-corrected chi connectivity index (χ3v) is 4.23. The lowest BCUT2D eigenvalue weighted by molar-refractivity contribution is 0.102. The van der Waals surface area contributed by atoms with Crippen LogP contribution in [0, 0.1) is 13.8 Å². The van der Waals surface area contributed by atoms with Gasteiger partial charge in [-0.25, -0.2) is 0 Å². The Hall–Kier alpha value is -3.61. The second-order valence-corrected chi connectivity index (χ2v) is 6.09. The van der Waals surface area contributed by atoms with Gasteiger partial charge in [0.25, 0.3) is 11.8 Å². The van der Waals surface area contributed by atoms with Gasteiger partial charge >= 0.3 is 6.01 Å². The Kier molecular flexibility index (Phi) is 4.12. The summed E-state index contributed by atoms with van der Waals surface area (Å²) in [6, 6.07) is 13.1. The smallest absolute Gasteiger partial charge is 0.322 e. The van der Waals surface area contributed by atoms with Crippen molar-refractivity contribution in [2.45, 2.75) is 13.8 Å². The highest BCUT2D eigenvalue weighted by molar-refractivity contribution is 6.07. The maximum absolute atomic E-state index is 12.7. The molecule has 2 heterocycles. The molecule has 2 aromatic carbocycles. The molecule has 0 bridgehead atoms. The number of benzene rings is 2. The number of anilines is 1. The van der Waals surface area contributed by atoms with Crippen molar-refractivity contribution in [2.24, 2.45) is 0 Å². The largest absolute Gasteiger partial charge is 0.496 e. The van der Waals surface area contributed by atoms with Gasteiger partial charge in [0.1, 0.15) is 17.3 Å². The quantitative estimate of drug-likeness (QED) is 0.579. The summed E-state index contributed by atoms with van der Waals surface area (Å²) >= 11 is 0. The number of aromatic nitrogens is 2. The molecule has 7 nitrogen and oxygen atoms in total. The van der Waals surface area contributed by atoms with Gasteiger partial charge in [-0.2, -0.15) is 0 Å². The van der Waals surface area contributed by atoms with Crippen LogP contribution in [0.4, 0.5) is 6.01 Å². The Morgan fingerprint density at radius 3 is 2.44 bits per heavy atom. The van der Waals surface area contributed by atoms with Crippen molar-refractivity contribution >= 4 is 22.7 Å². The molecule has 1 N–H and O–H groups in total. The number of aryl methyl sites for hydroxylation is 2. The summed E-state index contributed by atoms with van der Waals surface area (Å²) in [7, 11) is 1.52. The maximum atomic E-state index is 12.7. The number of hydrogen-bond acceptors (Lipinski definition) is 6. The van der Waals surface area contributed by atoms with Crippen LogP contribution in [0.3, 0.4) is 0 Å². The first kappa shape index (κ1) is 16.8. The lowest BCUT2D eigenvalue weighted by Gasteiger charge is -2.09. The summed E-state index contributed by atoms with van der Waals surface area (Å²) in [5.41, 5.74) is 1.08. The van der Waals surface area contributed by atoms with Crippen molar-refractivity contribution in [1.82, 2.24) is 10.2 Å². The molecule has 1 amide bonds. The number of carbonyl (C=O) groups excluding carboxylic acids is 1. The summed E-state index contributed by atoms with van der Waals surface area (Å²) in [5, 5.41) is 12.4. The molecule has 0 fully saturated rings. The standard InChI is InChI=1S/C20H17N3O4/c1-11-8-15(12(2)26-11)19-22-23-20(27-19)21-18(24)16-9-13-6-4-5-7-14(13)10-17(16)25-3/h4-10H,1-3H3,(H,21,23,24). The molecule has 0 unspecified atom stereocenters. The van der Waals surface area contributed by atoms with Crippen LogP contribution in [0.5, 0.6) is 5.75 Å². The number of fused-ring (bicyclic) bond motifs is 1. The number of hydrogen-bond donors (Lipinski definition) is 1. The molecule has 4 aromatic rings. The van der Waals surface area contributed by atoms with Crippen LogP contribution in [-0.2, 0) is 0 Å². The van der Waals surface area contributed by atoms with Gasteiger partial charge in [-0.3, -0.25) is 10.1 Å². The van der Waals surface area contributed by atoms with Crippen molar-refractivity contribution in [3.8, 4) is 17.2 Å². The average molecular weight is 363 g/mol. The van der Waals surface area contributed by atoms with E-state index in [4.69, 9.17) is 13.6 Å². The minimum absolute atomic E-state index is 0.00321. The molecule has 7 heteroatoms. The Balaban J connectivity index is 1.63. The molecule has 0 saturated heterocycles. The van der Waals surface area contributed by atoms with Crippen LogP contribution >= 0.6 is 0 Å². The Morgan fingerprint density at radius 1 is 1.04 bits per heavy atom. The minimum atomic E-state index is -0.395. The fraction of sp³-hybridized carbons (Fsp3) is 0.150. The van der Waals surface area contributed by atoms with Crippen LogP contribution in [-0.4, -0.2) is 23.2 Å². The van der Waals surface area contributed by atoms with E-state index in [1.807, 2.05) is 44.2 Å².